The molecule has 0 aliphatic carbocycles. The first-order valence-electron chi connectivity index (χ1n) is 10.8. The summed E-state index contributed by atoms with van der Waals surface area (Å²) < 4.78 is 5.71. The van der Waals surface area contributed by atoms with Crippen LogP contribution in [0, 0.1) is 17.8 Å². The Labute approximate surface area is 170 Å². The van der Waals surface area contributed by atoms with E-state index in [-0.39, 0.29) is 30.3 Å². The molecule has 6 heteroatoms. The van der Waals surface area contributed by atoms with Gasteiger partial charge in [-0.1, -0.05) is 27.7 Å². The highest BCUT2D eigenvalue weighted by Gasteiger charge is 2.38. The van der Waals surface area contributed by atoms with Crippen LogP contribution in [-0.2, 0) is 14.3 Å². The van der Waals surface area contributed by atoms with Crippen molar-refractivity contribution in [2.24, 2.45) is 17.8 Å². The molecular weight excluding hydrogens is 358 g/mol. The van der Waals surface area contributed by atoms with Gasteiger partial charge in [0.15, 0.2) is 0 Å². The molecule has 1 heterocycles. The maximum Gasteiger partial charge on any atom is 0.309 e. The lowest BCUT2D eigenvalue weighted by atomic mass is 9.87. The van der Waals surface area contributed by atoms with E-state index in [1.807, 2.05) is 20.8 Å². The molecule has 4 unspecified atom stereocenters. The van der Waals surface area contributed by atoms with E-state index in [0.717, 1.165) is 25.7 Å². The molecule has 0 saturated carbocycles. The highest BCUT2D eigenvalue weighted by Crippen LogP contribution is 2.29. The number of hydrogen-bond donors (Lipinski definition) is 2. The number of carbonyl (C=O) groups excluding carboxylic acids is 2. The first kappa shape index (κ1) is 24.9. The average molecular weight is 400 g/mol. The summed E-state index contributed by atoms with van der Waals surface area (Å²) in [7, 11) is 0. The summed E-state index contributed by atoms with van der Waals surface area (Å²) in [5, 5.41) is 20.4. The summed E-state index contributed by atoms with van der Waals surface area (Å²) >= 11 is 0. The number of cyclic esters (lactones) is 1. The Hall–Kier alpha value is -1.14. The van der Waals surface area contributed by atoms with Crippen molar-refractivity contribution in [2.45, 2.75) is 97.8 Å². The molecule has 28 heavy (non-hydrogen) atoms. The number of ether oxygens (including phenoxy) is 1. The van der Waals surface area contributed by atoms with Crippen molar-refractivity contribution in [2.75, 3.05) is 13.2 Å². The largest absolute Gasteiger partial charge is 0.459 e. The fourth-order valence-electron chi connectivity index (χ4n) is 4.64. The van der Waals surface area contributed by atoms with Gasteiger partial charge in [0.2, 0.25) is 5.91 Å². The molecule has 1 aliphatic rings. The van der Waals surface area contributed by atoms with Crippen LogP contribution in [0.2, 0.25) is 0 Å². The highest BCUT2D eigenvalue weighted by molar-refractivity contribution is 5.77. The van der Waals surface area contributed by atoms with Crippen molar-refractivity contribution in [3.8, 4) is 0 Å². The minimum Gasteiger partial charge on any atom is -0.459 e. The molecule has 6 nitrogen and oxygen atoms in total. The van der Waals surface area contributed by atoms with E-state index in [0.29, 0.717) is 24.8 Å². The van der Waals surface area contributed by atoms with Gasteiger partial charge < -0.3 is 19.8 Å². The molecule has 0 aromatic heterocycles. The second-order valence-electron chi connectivity index (χ2n) is 9.21. The number of carbonyl (C=O) groups is 2. The number of aliphatic hydroxyl groups is 2. The molecule has 1 aliphatic heterocycles. The van der Waals surface area contributed by atoms with Crippen molar-refractivity contribution < 1.29 is 24.5 Å². The molecule has 1 saturated heterocycles. The monoisotopic (exact) mass is 399 g/mol. The molecule has 6 atom stereocenters. The lowest BCUT2D eigenvalue weighted by molar-refractivity contribution is -0.171. The highest BCUT2D eigenvalue weighted by atomic mass is 16.6. The Bertz CT molecular complexity index is 507. The third-order valence-electron chi connectivity index (χ3n) is 6.08. The summed E-state index contributed by atoms with van der Waals surface area (Å²) in [6.07, 6.45) is 3.79. The van der Waals surface area contributed by atoms with Crippen molar-refractivity contribution in [1.29, 1.82) is 0 Å². The van der Waals surface area contributed by atoms with Crippen molar-refractivity contribution in [3.05, 3.63) is 0 Å². The second kappa shape index (κ2) is 11.1. The molecule has 0 aromatic carbocycles. The predicted molar refractivity (Wildman–Crippen MR) is 110 cm³/mol. The fraction of sp³-hybridized carbons (Fsp3) is 0.909. The van der Waals surface area contributed by atoms with E-state index in [1.165, 1.54) is 0 Å². The number of esters is 1. The van der Waals surface area contributed by atoms with E-state index in [2.05, 4.69) is 13.8 Å². The van der Waals surface area contributed by atoms with Gasteiger partial charge in [-0.15, -0.1) is 0 Å². The number of rotatable bonds is 2. The van der Waals surface area contributed by atoms with Gasteiger partial charge in [-0.05, 0) is 64.2 Å². The van der Waals surface area contributed by atoms with E-state index in [4.69, 9.17) is 4.74 Å². The Balaban J connectivity index is 3.10. The Morgan fingerprint density at radius 1 is 1.21 bits per heavy atom. The maximum absolute atomic E-state index is 12.6. The summed E-state index contributed by atoms with van der Waals surface area (Å²) in [4.78, 5) is 26.5. The third kappa shape index (κ3) is 7.36. The number of hydrogen-bond acceptors (Lipinski definition) is 5. The van der Waals surface area contributed by atoms with Crippen molar-refractivity contribution in [1.82, 2.24) is 4.90 Å². The molecule has 0 spiro atoms. The number of amides is 1. The van der Waals surface area contributed by atoms with Crippen LogP contribution < -0.4 is 0 Å². The van der Waals surface area contributed by atoms with Crippen molar-refractivity contribution >= 4 is 11.9 Å². The first-order chi connectivity index (χ1) is 13.0. The van der Waals surface area contributed by atoms with Gasteiger partial charge in [0, 0.05) is 12.6 Å². The summed E-state index contributed by atoms with van der Waals surface area (Å²) in [5.74, 6) is 0.0976. The fourth-order valence-corrected chi connectivity index (χ4v) is 4.64. The van der Waals surface area contributed by atoms with E-state index < -0.39 is 18.3 Å². The SMILES string of the molecule is CCC1OC(=O)C(C)CC(C)CC(C)CCCN(C(=O)CO)[C@H](C)C[C@]1(C)O. The molecule has 1 fully saturated rings. The van der Waals surface area contributed by atoms with Gasteiger partial charge in [0.25, 0.3) is 0 Å². The average Bonchev–Trinajstić information content (AvgIpc) is 2.60. The van der Waals surface area contributed by atoms with Crippen LogP contribution in [0.25, 0.3) is 0 Å². The van der Waals surface area contributed by atoms with E-state index >= 15 is 0 Å². The topological polar surface area (TPSA) is 87.1 Å². The van der Waals surface area contributed by atoms with Crippen molar-refractivity contribution in [3.63, 3.8) is 0 Å². The van der Waals surface area contributed by atoms with Crippen LogP contribution in [0.3, 0.4) is 0 Å². The minimum atomic E-state index is -1.25. The summed E-state index contributed by atoms with van der Waals surface area (Å²) in [5.41, 5.74) is -1.25. The molecule has 164 valence electrons. The van der Waals surface area contributed by atoms with Crippen LogP contribution in [-0.4, -0.2) is 57.9 Å². The zero-order valence-corrected chi connectivity index (χ0v) is 18.6. The van der Waals surface area contributed by atoms with Gasteiger partial charge in [0.05, 0.1) is 5.92 Å². The molecule has 0 radical (unpaired) electrons. The molecule has 1 rings (SSSR count). The quantitative estimate of drug-likeness (QED) is 0.697. The number of nitrogens with zero attached hydrogens (tertiary/aromatic N) is 1. The predicted octanol–water partition coefficient (Wildman–Crippen LogP) is 3.14. The Morgan fingerprint density at radius 2 is 1.86 bits per heavy atom. The molecule has 0 aromatic rings. The van der Waals surface area contributed by atoms with Crippen LogP contribution >= 0.6 is 0 Å². The molecular formula is C22H41NO5. The van der Waals surface area contributed by atoms with Gasteiger partial charge in [-0.2, -0.15) is 0 Å². The zero-order chi connectivity index (χ0) is 21.5. The Kier molecular flexibility index (Phi) is 9.91. The van der Waals surface area contributed by atoms with Crippen LogP contribution in [0.15, 0.2) is 0 Å². The second-order valence-corrected chi connectivity index (χ2v) is 9.21. The lowest BCUT2D eigenvalue weighted by Crippen LogP contribution is -2.50. The van der Waals surface area contributed by atoms with E-state index in [9.17, 15) is 19.8 Å². The molecule has 2 N–H and O–H groups in total. The summed E-state index contributed by atoms with van der Waals surface area (Å²) in [6, 6.07) is -0.265. The van der Waals surface area contributed by atoms with Gasteiger partial charge >= 0.3 is 5.97 Å². The van der Waals surface area contributed by atoms with Crippen LogP contribution in [0.5, 0.6) is 0 Å². The first-order valence-corrected chi connectivity index (χ1v) is 10.8. The van der Waals surface area contributed by atoms with Crippen LogP contribution in [0.4, 0.5) is 0 Å². The lowest BCUT2D eigenvalue weighted by Gasteiger charge is -2.38. The van der Waals surface area contributed by atoms with Crippen LogP contribution in [0.1, 0.15) is 80.1 Å². The normalized spacial score (nSPS) is 36.9. The standard InChI is InChI=1S/C22H41NO5/c1-7-19-22(6,27)13-18(5)23(20(25)14-24)10-8-9-15(2)11-16(3)12-17(4)21(26)28-19/h15-19,24,27H,7-14H2,1-6H3/t15?,16?,17?,18-,19?,22+/m1/s1. The van der Waals surface area contributed by atoms with Gasteiger partial charge in [-0.3, -0.25) is 9.59 Å². The maximum atomic E-state index is 12.6. The van der Waals surface area contributed by atoms with Gasteiger partial charge in [-0.25, -0.2) is 0 Å². The third-order valence-corrected chi connectivity index (χ3v) is 6.08. The van der Waals surface area contributed by atoms with E-state index in [1.54, 1.807) is 11.8 Å². The smallest absolute Gasteiger partial charge is 0.309 e. The zero-order valence-electron chi connectivity index (χ0n) is 18.6. The Morgan fingerprint density at radius 3 is 2.43 bits per heavy atom. The number of aliphatic hydroxyl groups excluding tert-OH is 1. The molecule has 1 amide bonds. The summed E-state index contributed by atoms with van der Waals surface area (Å²) in [6.45, 7) is 11.7. The molecule has 0 bridgehead atoms. The minimum absolute atomic E-state index is 0.206. The van der Waals surface area contributed by atoms with Gasteiger partial charge in [0.1, 0.15) is 18.3 Å².